The Hall–Kier alpha value is -3.17. The molecule has 0 fully saturated rings. The van der Waals surface area contributed by atoms with Crippen molar-refractivity contribution in [3.8, 4) is 22.9 Å². The van der Waals surface area contributed by atoms with E-state index in [1.165, 1.54) is 5.56 Å². The number of oxazole rings is 1. The van der Waals surface area contributed by atoms with E-state index in [2.05, 4.69) is 40.1 Å². The molecule has 135 valence electrons. The molecule has 0 spiro atoms. The number of rotatable bonds is 4. The second-order valence-electron chi connectivity index (χ2n) is 6.45. The number of aryl methyl sites for hydroxylation is 1. The number of aromatic amines is 1. The van der Waals surface area contributed by atoms with Crippen molar-refractivity contribution in [2.24, 2.45) is 0 Å². The molecule has 0 bridgehead atoms. The minimum absolute atomic E-state index is 0.275. The Balaban J connectivity index is 1.44. The molecule has 4 aromatic heterocycles. The van der Waals surface area contributed by atoms with Crippen LogP contribution in [0, 0.1) is 6.92 Å². The summed E-state index contributed by atoms with van der Waals surface area (Å²) >= 11 is -0.275. The van der Waals surface area contributed by atoms with Gasteiger partial charge in [-0.3, -0.25) is 0 Å². The van der Waals surface area contributed by atoms with E-state index >= 15 is 0 Å². The first-order valence-electron chi connectivity index (χ1n) is 8.90. The first-order valence-corrected chi connectivity index (χ1v) is 10.8. The quantitative estimate of drug-likeness (QED) is 0.448. The molecule has 0 aliphatic heterocycles. The van der Waals surface area contributed by atoms with Gasteiger partial charge >= 0.3 is 169 Å². The van der Waals surface area contributed by atoms with Gasteiger partial charge in [-0.25, -0.2) is 0 Å². The molecule has 1 radical (unpaired) electrons. The first kappa shape index (κ1) is 17.0. The van der Waals surface area contributed by atoms with Crippen molar-refractivity contribution in [1.29, 1.82) is 0 Å². The van der Waals surface area contributed by atoms with Crippen molar-refractivity contribution in [3.63, 3.8) is 0 Å². The third kappa shape index (κ3) is 3.25. The van der Waals surface area contributed by atoms with E-state index in [1.54, 1.807) is 6.20 Å². The Kier molecular flexibility index (Phi) is 4.30. The second-order valence-corrected chi connectivity index (χ2v) is 8.77. The molecular weight excluding hydrogens is 411 g/mol. The molecular formula is C22H16AsN4O. The average molecular weight is 427 g/mol. The average Bonchev–Trinajstić information content (AvgIpc) is 3.39. The van der Waals surface area contributed by atoms with E-state index in [0.29, 0.717) is 11.7 Å². The molecule has 0 aliphatic carbocycles. The van der Waals surface area contributed by atoms with E-state index in [9.17, 15) is 0 Å². The zero-order valence-electron chi connectivity index (χ0n) is 15.1. The number of aromatic nitrogens is 4. The molecule has 0 amide bonds. The predicted molar refractivity (Wildman–Crippen MR) is 111 cm³/mol. The van der Waals surface area contributed by atoms with Gasteiger partial charge in [0.2, 0.25) is 0 Å². The Labute approximate surface area is 168 Å². The van der Waals surface area contributed by atoms with Crippen LogP contribution in [0.15, 0.2) is 77.6 Å². The SMILES string of the molecule is Cc1cccnc1[As]c1cccc(-c2cnc(-c3ccc4[nH]ccc4c3)o2)n1. The second kappa shape index (κ2) is 7.10. The zero-order valence-corrected chi connectivity index (χ0v) is 17.0. The van der Waals surface area contributed by atoms with Crippen LogP contribution in [0.2, 0.25) is 0 Å². The van der Waals surface area contributed by atoms with E-state index in [4.69, 9.17) is 9.40 Å². The topological polar surface area (TPSA) is 67.6 Å². The van der Waals surface area contributed by atoms with E-state index in [-0.39, 0.29) is 15.8 Å². The van der Waals surface area contributed by atoms with Crippen molar-refractivity contribution in [1.82, 2.24) is 19.9 Å². The first-order chi connectivity index (χ1) is 13.8. The molecule has 6 heteroatoms. The number of nitrogens with one attached hydrogen (secondary N) is 1. The van der Waals surface area contributed by atoms with Crippen LogP contribution in [0.3, 0.4) is 0 Å². The summed E-state index contributed by atoms with van der Waals surface area (Å²) in [7, 11) is 0. The summed E-state index contributed by atoms with van der Waals surface area (Å²) in [6, 6.07) is 18.2. The summed E-state index contributed by atoms with van der Waals surface area (Å²) < 4.78 is 8.19. The van der Waals surface area contributed by atoms with E-state index < -0.39 is 0 Å². The summed E-state index contributed by atoms with van der Waals surface area (Å²) in [6.45, 7) is 2.09. The molecule has 0 atom stereocenters. The minimum atomic E-state index is -0.275. The van der Waals surface area contributed by atoms with Gasteiger partial charge in [0, 0.05) is 0 Å². The van der Waals surface area contributed by atoms with Gasteiger partial charge in [-0.15, -0.1) is 0 Å². The number of pyridine rings is 2. The van der Waals surface area contributed by atoms with Gasteiger partial charge in [0.1, 0.15) is 0 Å². The van der Waals surface area contributed by atoms with Crippen LogP contribution in [0.1, 0.15) is 5.56 Å². The van der Waals surface area contributed by atoms with Crippen molar-refractivity contribution in [2.45, 2.75) is 6.92 Å². The number of benzene rings is 1. The molecule has 0 saturated heterocycles. The van der Waals surface area contributed by atoms with Crippen LogP contribution < -0.4 is 8.96 Å². The van der Waals surface area contributed by atoms with E-state index in [1.807, 2.05) is 48.8 Å². The molecule has 4 heterocycles. The van der Waals surface area contributed by atoms with Crippen LogP contribution in [0.25, 0.3) is 33.8 Å². The standard InChI is InChI=1S/C22H16AsN4O/c1-14-4-3-10-25-21(14)23-20-6-2-5-18(27-20)19-13-26-22(28-19)16-7-8-17-15(12-16)9-11-24-17/h2-13,24H,1H3. The summed E-state index contributed by atoms with van der Waals surface area (Å²) in [5, 5.41) is 1.13. The van der Waals surface area contributed by atoms with Gasteiger partial charge in [0.25, 0.3) is 0 Å². The maximum atomic E-state index is 6.02. The molecule has 0 unspecified atom stereocenters. The Bertz CT molecular complexity index is 1270. The number of H-pyrrole nitrogens is 1. The van der Waals surface area contributed by atoms with Gasteiger partial charge in [0.15, 0.2) is 0 Å². The van der Waals surface area contributed by atoms with Crippen LogP contribution in [0.4, 0.5) is 0 Å². The molecule has 28 heavy (non-hydrogen) atoms. The molecule has 0 aliphatic rings. The number of nitrogens with zero attached hydrogens (tertiary/aromatic N) is 3. The van der Waals surface area contributed by atoms with Crippen LogP contribution in [-0.2, 0) is 0 Å². The summed E-state index contributed by atoms with van der Waals surface area (Å²) in [4.78, 5) is 17.0. The molecule has 5 aromatic rings. The fourth-order valence-electron chi connectivity index (χ4n) is 3.04. The van der Waals surface area contributed by atoms with Gasteiger partial charge in [-0.05, 0) is 0 Å². The third-order valence-corrected chi connectivity index (χ3v) is 6.92. The Morgan fingerprint density at radius 3 is 2.89 bits per heavy atom. The number of fused-ring (bicyclic) bond motifs is 1. The third-order valence-electron chi connectivity index (χ3n) is 4.50. The van der Waals surface area contributed by atoms with Crippen molar-refractivity contribution in [3.05, 3.63) is 78.8 Å². The van der Waals surface area contributed by atoms with Gasteiger partial charge in [-0.2, -0.15) is 0 Å². The number of hydrogen-bond donors (Lipinski definition) is 1. The van der Waals surface area contributed by atoms with E-state index in [0.717, 1.165) is 31.1 Å². The summed E-state index contributed by atoms with van der Waals surface area (Å²) in [6.07, 6.45) is 5.51. The monoisotopic (exact) mass is 427 g/mol. The molecule has 1 N–H and O–H groups in total. The molecule has 5 nitrogen and oxygen atoms in total. The molecule has 0 saturated carbocycles. The van der Waals surface area contributed by atoms with Gasteiger partial charge < -0.3 is 0 Å². The predicted octanol–water partition coefficient (Wildman–Crippen LogP) is 3.24. The van der Waals surface area contributed by atoms with Crippen molar-refractivity contribution >= 4 is 35.6 Å². The Morgan fingerprint density at radius 1 is 1.00 bits per heavy atom. The van der Waals surface area contributed by atoms with Crippen LogP contribution in [0.5, 0.6) is 0 Å². The van der Waals surface area contributed by atoms with Crippen LogP contribution in [-0.4, -0.2) is 35.7 Å². The molecule has 1 aromatic carbocycles. The van der Waals surface area contributed by atoms with Crippen LogP contribution >= 0.6 is 0 Å². The zero-order chi connectivity index (χ0) is 18.9. The number of hydrogen-bond acceptors (Lipinski definition) is 4. The fraction of sp³-hybridized carbons (Fsp3) is 0.0455. The summed E-state index contributed by atoms with van der Waals surface area (Å²) in [5.41, 5.74) is 4.04. The van der Waals surface area contributed by atoms with Gasteiger partial charge in [0.05, 0.1) is 0 Å². The van der Waals surface area contributed by atoms with Crippen molar-refractivity contribution < 1.29 is 4.42 Å². The van der Waals surface area contributed by atoms with Crippen molar-refractivity contribution in [2.75, 3.05) is 0 Å². The maximum absolute atomic E-state index is 6.02. The molecule has 5 rings (SSSR count). The summed E-state index contributed by atoms with van der Waals surface area (Å²) in [5.74, 6) is 1.27. The fourth-order valence-corrected chi connectivity index (χ4v) is 4.95. The normalized spacial score (nSPS) is 11.6. The Morgan fingerprint density at radius 2 is 1.96 bits per heavy atom. The van der Waals surface area contributed by atoms with Gasteiger partial charge in [-0.1, -0.05) is 0 Å².